The summed E-state index contributed by atoms with van der Waals surface area (Å²) in [5.74, 6) is -0.346. The van der Waals surface area contributed by atoms with Crippen molar-refractivity contribution in [1.82, 2.24) is 10.4 Å². The van der Waals surface area contributed by atoms with Crippen molar-refractivity contribution in [3.63, 3.8) is 0 Å². The number of hydrogen-bond acceptors (Lipinski definition) is 2. The summed E-state index contributed by atoms with van der Waals surface area (Å²) in [5, 5.41) is 1.45. The lowest BCUT2D eigenvalue weighted by molar-refractivity contribution is -0.123. The number of nitrogens with zero attached hydrogens (tertiary/aromatic N) is 1. The lowest BCUT2D eigenvalue weighted by atomic mass is 10.0. The predicted molar refractivity (Wildman–Crippen MR) is 96.4 cm³/mol. The van der Waals surface area contributed by atoms with E-state index in [1.165, 1.54) is 5.01 Å². The van der Waals surface area contributed by atoms with E-state index in [1.54, 1.807) is 6.07 Å². The minimum absolute atomic E-state index is 0.159. The zero-order valence-electron chi connectivity index (χ0n) is 15.2. The summed E-state index contributed by atoms with van der Waals surface area (Å²) in [5.41, 5.74) is 4.73. The van der Waals surface area contributed by atoms with E-state index in [4.69, 9.17) is 0 Å². The summed E-state index contributed by atoms with van der Waals surface area (Å²) >= 11 is 0. The highest BCUT2D eigenvalue weighted by molar-refractivity contribution is 5.99. The first kappa shape index (κ1) is 18.2. The monoisotopic (exact) mass is 328 g/mol. The normalized spacial score (nSPS) is 15.2. The Morgan fingerprint density at radius 1 is 1.12 bits per heavy atom. The van der Waals surface area contributed by atoms with Crippen molar-refractivity contribution in [3.05, 3.63) is 47.0 Å². The smallest absolute Gasteiger partial charge is 0.268 e. The molecule has 130 valence electrons. The van der Waals surface area contributed by atoms with Gasteiger partial charge in [0, 0.05) is 11.1 Å². The molecule has 2 amide bonds. The molecule has 2 rings (SSSR count). The van der Waals surface area contributed by atoms with Crippen molar-refractivity contribution < 1.29 is 9.59 Å². The molecule has 0 unspecified atom stereocenters. The molecule has 1 aromatic carbocycles. The maximum atomic E-state index is 12.9. The SMILES string of the molecule is Cc1cccc(C(=O)N(NC(=O)C2=CCCCCC2)C(C)(C)C)c1. The highest BCUT2D eigenvalue weighted by Crippen LogP contribution is 2.20. The fraction of sp³-hybridized carbons (Fsp3) is 0.500. The summed E-state index contributed by atoms with van der Waals surface area (Å²) in [7, 11) is 0. The number of allylic oxidation sites excluding steroid dienone is 1. The van der Waals surface area contributed by atoms with Crippen molar-refractivity contribution in [3.8, 4) is 0 Å². The molecule has 1 aliphatic rings. The predicted octanol–water partition coefficient (Wildman–Crippen LogP) is 4.16. The van der Waals surface area contributed by atoms with E-state index < -0.39 is 5.54 Å². The number of benzene rings is 1. The molecular weight excluding hydrogens is 300 g/mol. The number of hydrogen-bond donors (Lipinski definition) is 1. The Morgan fingerprint density at radius 2 is 1.88 bits per heavy atom. The van der Waals surface area contributed by atoms with Crippen LogP contribution in [0.25, 0.3) is 0 Å². The summed E-state index contributed by atoms with van der Waals surface area (Å²) in [6, 6.07) is 7.44. The largest absolute Gasteiger partial charge is 0.272 e. The van der Waals surface area contributed by atoms with Gasteiger partial charge in [0.25, 0.3) is 11.8 Å². The van der Waals surface area contributed by atoms with Crippen molar-refractivity contribution in [2.45, 2.75) is 65.3 Å². The molecule has 4 heteroatoms. The van der Waals surface area contributed by atoms with E-state index in [0.717, 1.165) is 43.2 Å². The van der Waals surface area contributed by atoms with Crippen LogP contribution in [0.15, 0.2) is 35.9 Å². The molecule has 4 nitrogen and oxygen atoms in total. The number of aryl methyl sites for hydroxylation is 1. The van der Waals surface area contributed by atoms with Gasteiger partial charge in [-0.25, -0.2) is 5.01 Å². The van der Waals surface area contributed by atoms with Crippen LogP contribution >= 0.6 is 0 Å². The second-order valence-electron chi connectivity index (χ2n) is 7.45. The fourth-order valence-electron chi connectivity index (χ4n) is 2.82. The molecular formula is C20H28N2O2. The third kappa shape index (κ3) is 4.70. The summed E-state index contributed by atoms with van der Waals surface area (Å²) < 4.78 is 0. The van der Waals surface area contributed by atoms with Crippen LogP contribution < -0.4 is 5.43 Å². The molecule has 0 heterocycles. The molecule has 0 radical (unpaired) electrons. The molecule has 1 aliphatic carbocycles. The first-order valence-electron chi connectivity index (χ1n) is 8.70. The molecule has 0 spiro atoms. The van der Waals surface area contributed by atoms with Crippen molar-refractivity contribution in [1.29, 1.82) is 0 Å². The third-order valence-corrected chi connectivity index (χ3v) is 4.18. The van der Waals surface area contributed by atoms with E-state index in [9.17, 15) is 9.59 Å². The van der Waals surface area contributed by atoms with Gasteiger partial charge in [-0.2, -0.15) is 0 Å². The first-order chi connectivity index (χ1) is 11.3. The molecule has 1 N–H and O–H groups in total. The van der Waals surface area contributed by atoms with Gasteiger partial charge in [-0.05, 0) is 65.5 Å². The topological polar surface area (TPSA) is 49.4 Å². The standard InChI is InChI=1S/C20H28N2O2/c1-15-10-9-13-17(14-15)19(24)22(20(2,3)4)21-18(23)16-11-7-5-6-8-12-16/h9-11,13-14H,5-8,12H2,1-4H3,(H,21,23). The van der Waals surface area contributed by atoms with Crippen LogP contribution in [0.1, 0.15) is 68.8 Å². The number of rotatable bonds is 2. The highest BCUT2D eigenvalue weighted by atomic mass is 16.2. The van der Waals surface area contributed by atoms with Gasteiger partial charge in [-0.15, -0.1) is 0 Å². The molecule has 0 saturated carbocycles. The maximum Gasteiger partial charge on any atom is 0.272 e. The molecule has 0 aromatic heterocycles. The Morgan fingerprint density at radius 3 is 2.54 bits per heavy atom. The van der Waals surface area contributed by atoms with Crippen LogP contribution in [-0.4, -0.2) is 22.4 Å². The van der Waals surface area contributed by atoms with Gasteiger partial charge in [0.15, 0.2) is 0 Å². The summed E-state index contributed by atoms with van der Waals surface area (Å²) in [6.07, 6.45) is 7.04. The molecule has 1 aromatic rings. The van der Waals surface area contributed by atoms with Gasteiger partial charge in [-0.1, -0.05) is 30.2 Å². The number of hydrazine groups is 1. The number of carbonyl (C=O) groups is 2. The Bertz CT molecular complexity index is 641. The molecule has 0 fully saturated rings. The minimum atomic E-state index is -0.512. The van der Waals surface area contributed by atoms with Crippen molar-refractivity contribution >= 4 is 11.8 Å². The van der Waals surface area contributed by atoms with Crippen LogP contribution in [0.2, 0.25) is 0 Å². The summed E-state index contributed by atoms with van der Waals surface area (Å²) in [4.78, 5) is 25.6. The van der Waals surface area contributed by atoms with Gasteiger partial charge < -0.3 is 0 Å². The van der Waals surface area contributed by atoms with Gasteiger partial charge in [0.2, 0.25) is 0 Å². The molecule has 0 bridgehead atoms. The van der Waals surface area contributed by atoms with Crippen LogP contribution in [-0.2, 0) is 4.79 Å². The number of nitrogens with one attached hydrogen (secondary N) is 1. The second-order valence-corrected chi connectivity index (χ2v) is 7.45. The van der Waals surface area contributed by atoms with Crippen molar-refractivity contribution in [2.75, 3.05) is 0 Å². The van der Waals surface area contributed by atoms with E-state index in [1.807, 2.05) is 52.0 Å². The van der Waals surface area contributed by atoms with E-state index in [2.05, 4.69) is 5.43 Å². The number of carbonyl (C=O) groups excluding carboxylic acids is 2. The lowest BCUT2D eigenvalue weighted by Gasteiger charge is -2.35. The average Bonchev–Trinajstić information content (AvgIpc) is 2.80. The molecule has 0 atom stereocenters. The van der Waals surface area contributed by atoms with Crippen LogP contribution in [0.4, 0.5) is 0 Å². The fourth-order valence-corrected chi connectivity index (χ4v) is 2.82. The first-order valence-corrected chi connectivity index (χ1v) is 8.70. The van der Waals surface area contributed by atoms with Crippen molar-refractivity contribution in [2.24, 2.45) is 0 Å². The van der Waals surface area contributed by atoms with Crippen LogP contribution in [0, 0.1) is 6.92 Å². The van der Waals surface area contributed by atoms with E-state index in [-0.39, 0.29) is 11.8 Å². The molecule has 0 saturated heterocycles. The number of amides is 2. The van der Waals surface area contributed by atoms with Gasteiger partial charge in [-0.3, -0.25) is 15.0 Å². The Kier molecular flexibility index (Phi) is 5.81. The molecule has 24 heavy (non-hydrogen) atoms. The summed E-state index contributed by atoms with van der Waals surface area (Å²) in [6.45, 7) is 7.71. The Balaban J connectivity index is 2.21. The van der Waals surface area contributed by atoms with Gasteiger partial charge >= 0.3 is 0 Å². The highest BCUT2D eigenvalue weighted by Gasteiger charge is 2.30. The average molecular weight is 328 g/mol. The minimum Gasteiger partial charge on any atom is -0.268 e. The lowest BCUT2D eigenvalue weighted by Crippen LogP contribution is -2.56. The zero-order valence-corrected chi connectivity index (χ0v) is 15.2. The van der Waals surface area contributed by atoms with E-state index in [0.29, 0.717) is 5.56 Å². The van der Waals surface area contributed by atoms with E-state index >= 15 is 0 Å². The van der Waals surface area contributed by atoms with Gasteiger partial charge in [0.1, 0.15) is 0 Å². The quantitative estimate of drug-likeness (QED) is 0.829. The van der Waals surface area contributed by atoms with Crippen LogP contribution in [0.5, 0.6) is 0 Å². The van der Waals surface area contributed by atoms with Gasteiger partial charge in [0.05, 0.1) is 5.54 Å². The second kappa shape index (κ2) is 7.65. The third-order valence-electron chi connectivity index (χ3n) is 4.18. The Hall–Kier alpha value is -2.10. The Labute approximate surface area is 144 Å². The maximum absolute atomic E-state index is 12.9. The van der Waals surface area contributed by atoms with Crippen LogP contribution in [0.3, 0.4) is 0 Å². The zero-order chi connectivity index (χ0) is 17.7. The molecule has 0 aliphatic heterocycles.